The molecule has 0 unspecified atom stereocenters. The molecule has 0 aliphatic rings. The van der Waals surface area contributed by atoms with Gasteiger partial charge in [-0.1, -0.05) is 0 Å². The number of methoxy groups -OCH3 is 1. The van der Waals surface area contributed by atoms with Gasteiger partial charge in [0.15, 0.2) is 0 Å². The summed E-state index contributed by atoms with van der Waals surface area (Å²) in [5, 5.41) is 2.25. The van der Waals surface area contributed by atoms with E-state index in [-0.39, 0.29) is 0 Å². The van der Waals surface area contributed by atoms with Gasteiger partial charge in [-0.3, -0.25) is 4.98 Å². The Morgan fingerprint density at radius 2 is 2.12 bits per heavy atom. The van der Waals surface area contributed by atoms with E-state index in [2.05, 4.69) is 18.0 Å². The van der Waals surface area contributed by atoms with Gasteiger partial charge < -0.3 is 10.5 Å². The summed E-state index contributed by atoms with van der Waals surface area (Å²) >= 11 is 0. The number of hydrogen-bond donors (Lipinski definition) is 1. The molecule has 3 nitrogen and oxygen atoms in total. The maximum atomic E-state index is 5.59. The summed E-state index contributed by atoms with van der Waals surface area (Å²) < 4.78 is 5.38. The molecule has 0 radical (unpaired) electrons. The molecule has 3 heteroatoms. The lowest BCUT2D eigenvalue weighted by molar-refractivity contribution is 0.419. The highest BCUT2D eigenvalue weighted by Crippen LogP contribution is 2.28. The number of aryl methyl sites for hydroxylation is 1. The summed E-state index contributed by atoms with van der Waals surface area (Å²) in [7, 11) is 1.69. The van der Waals surface area contributed by atoms with Gasteiger partial charge >= 0.3 is 0 Å². The molecule has 0 bridgehead atoms. The molecule has 1 aromatic heterocycles. The van der Waals surface area contributed by atoms with Crippen molar-refractivity contribution >= 4 is 10.8 Å². The van der Waals surface area contributed by atoms with Crippen LogP contribution in [0.1, 0.15) is 11.3 Å². The number of hydrogen-bond acceptors (Lipinski definition) is 3. The molecule has 0 amide bonds. The Balaban J connectivity index is 2.71. The van der Waals surface area contributed by atoms with Gasteiger partial charge in [0.25, 0.3) is 0 Å². The first-order chi connectivity index (χ1) is 7.76. The maximum Gasteiger partial charge on any atom is 0.127 e. The van der Waals surface area contributed by atoms with Crippen LogP contribution in [0.5, 0.6) is 5.75 Å². The molecule has 1 heterocycles. The third-order valence-electron chi connectivity index (χ3n) is 2.67. The van der Waals surface area contributed by atoms with Crippen LogP contribution in [0.15, 0.2) is 24.4 Å². The fourth-order valence-electron chi connectivity index (χ4n) is 1.95. The van der Waals surface area contributed by atoms with E-state index in [1.165, 1.54) is 5.56 Å². The minimum Gasteiger partial charge on any atom is -0.496 e. The summed E-state index contributed by atoms with van der Waals surface area (Å²) in [6.07, 6.45) is 2.61. The van der Waals surface area contributed by atoms with Gasteiger partial charge in [-0.2, -0.15) is 0 Å². The lowest BCUT2D eigenvalue weighted by Gasteiger charge is -2.09. The van der Waals surface area contributed by atoms with Gasteiger partial charge in [0.1, 0.15) is 5.75 Å². The molecular weight excluding hydrogens is 200 g/mol. The van der Waals surface area contributed by atoms with Crippen LogP contribution in [0.2, 0.25) is 0 Å². The average molecular weight is 216 g/mol. The number of ether oxygens (including phenoxy) is 1. The van der Waals surface area contributed by atoms with E-state index in [0.717, 1.165) is 28.6 Å². The van der Waals surface area contributed by atoms with Gasteiger partial charge in [-0.25, -0.2) is 0 Å². The Morgan fingerprint density at radius 1 is 1.31 bits per heavy atom. The quantitative estimate of drug-likeness (QED) is 0.854. The van der Waals surface area contributed by atoms with Crippen molar-refractivity contribution in [2.45, 2.75) is 13.3 Å². The van der Waals surface area contributed by atoms with Crippen LogP contribution >= 0.6 is 0 Å². The van der Waals surface area contributed by atoms with E-state index in [9.17, 15) is 0 Å². The second-order valence-electron chi connectivity index (χ2n) is 3.86. The number of nitrogens with two attached hydrogens (primary N) is 1. The van der Waals surface area contributed by atoms with E-state index >= 15 is 0 Å². The van der Waals surface area contributed by atoms with Crippen LogP contribution in [0.4, 0.5) is 0 Å². The lowest BCUT2D eigenvalue weighted by Crippen LogP contribution is -2.05. The van der Waals surface area contributed by atoms with Crippen molar-refractivity contribution in [2.75, 3.05) is 13.7 Å². The predicted molar refractivity (Wildman–Crippen MR) is 65.8 cm³/mol. The molecule has 84 valence electrons. The topological polar surface area (TPSA) is 48.1 Å². The lowest BCUT2D eigenvalue weighted by atomic mass is 10.0. The zero-order valence-corrected chi connectivity index (χ0v) is 9.66. The second-order valence-corrected chi connectivity index (χ2v) is 3.86. The van der Waals surface area contributed by atoms with Crippen molar-refractivity contribution in [2.24, 2.45) is 5.73 Å². The van der Waals surface area contributed by atoms with E-state index < -0.39 is 0 Å². The summed E-state index contributed by atoms with van der Waals surface area (Å²) in [5.41, 5.74) is 7.81. The third-order valence-corrected chi connectivity index (χ3v) is 2.67. The number of rotatable bonds is 3. The number of fused-ring (bicyclic) bond motifs is 1. The van der Waals surface area contributed by atoms with E-state index in [0.29, 0.717) is 6.54 Å². The van der Waals surface area contributed by atoms with E-state index in [1.807, 2.05) is 18.3 Å². The van der Waals surface area contributed by atoms with Crippen LogP contribution in [-0.2, 0) is 6.42 Å². The first-order valence-corrected chi connectivity index (χ1v) is 5.38. The standard InChI is InChI=1S/C13H16N2O/c1-9-7-11-10(13(8-9)16-2)4-6-15-12(11)3-5-14/h4,6-8H,3,5,14H2,1-2H3. The number of pyridine rings is 1. The molecule has 0 aliphatic carbocycles. The molecule has 0 saturated carbocycles. The monoisotopic (exact) mass is 216 g/mol. The minimum absolute atomic E-state index is 0.613. The summed E-state index contributed by atoms with van der Waals surface area (Å²) in [6, 6.07) is 6.15. The van der Waals surface area contributed by atoms with Gasteiger partial charge in [-0.15, -0.1) is 0 Å². The van der Waals surface area contributed by atoms with Crippen LogP contribution in [0.3, 0.4) is 0 Å². The van der Waals surface area contributed by atoms with Crippen molar-refractivity contribution in [3.8, 4) is 5.75 Å². The van der Waals surface area contributed by atoms with E-state index in [4.69, 9.17) is 10.5 Å². The molecule has 2 N–H and O–H groups in total. The fraction of sp³-hybridized carbons (Fsp3) is 0.308. The molecular formula is C13H16N2O. The van der Waals surface area contributed by atoms with Crippen molar-refractivity contribution in [3.05, 3.63) is 35.7 Å². The summed E-state index contributed by atoms with van der Waals surface area (Å²) in [6.45, 7) is 2.67. The fourth-order valence-corrected chi connectivity index (χ4v) is 1.95. The zero-order chi connectivity index (χ0) is 11.5. The molecule has 0 fully saturated rings. The van der Waals surface area contributed by atoms with E-state index in [1.54, 1.807) is 7.11 Å². The highest BCUT2D eigenvalue weighted by molar-refractivity contribution is 5.90. The predicted octanol–water partition coefficient (Wildman–Crippen LogP) is 2.05. The zero-order valence-electron chi connectivity index (χ0n) is 9.66. The van der Waals surface area contributed by atoms with Crippen molar-refractivity contribution in [1.29, 1.82) is 0 Å². The van der Waals surface area contributed by atoms with Crippen molar-refractivity contribution in [1.82, 2.24) is 4.98 Å². The molecule has 16 heavy (non-hydrogen) atoms. The van der Waals surface area contributed by atoms with Crippen LogP contribution in [-0.4, -0.2) is 18.6 Å². The van der Waals surface area contributed by atoms with Gasteiger partial charge in [0, 0.05) is 29.1 Å². The summed E-state index contributed by atoms with van der Waals surface area (Å²) in [5.74, 6) is 0.899. The summed E-state index contributed by atoms with van der Waals surface area (Å²) in [4.78, 5) is 4.38. The van der Waals surface area contributed by atoms with Gasteiger partial charge in [0.2, 0.25) is 0 Å². The molecule has 2 rings (SSSR count). The highest BCUT2D eigenvalue weighted by atomic mass is 16.5. The molecule has 0 atom stereocenters. The Bertz CT molecular complexity index is 509. The molecule has 1 aromatic carbocycles. The number of benzene rings is 1. The first kappa shape index (κ1) is 10.9. The largest absolute Gasteiger partial charge is 0.496 e. The molecule has 2 aromatic rings. The Hall–Kier alpha value is -1.61. The number of aromatic nitrogens is 1. The smallest absolute Gasteiger partial charge is 0.127 e. The van der Waals surface area contributed by atoms with Crippen molar-refractivity contribution in [3.63, 3.8) is 0 Å². The highest BCUT2D eigenvalue weighted by Gasteiger charge is 2.07. The van der Waals surface area contributed by atoms with Gasteiger partial charge in [0.05, 0.1) is 7.11 Å². The Kier molecular flexibility index (Phi) is 3.06. The third kappa shape index (κ3) is 1.86. The molecule has 0 spiro atoms. The Labute approximate surface area is 95.2 Å². The van der Waals surface area contributed by atoms with Crippen molar-refractivity contribution < 1.29 is 4.74 Å². The maximum absolute atomic E-state index is 5.59. The average Bonchev–Trinajstić information content (AvgIpc) is 2.29. The minimum atomic E-state index is 0.613. The SMILES string of the molecule is COc1cc(C)cc2c(CCN)nccc12. The Morgan fingerprint density at radius 3 is 2.81 bits per heavy atom. The van der Waals surface area contributed by atoms with Crippen LogP contribution < -0.4 is 10.5 Å². The first-order valence-electron chi connectivity index (χ1n) is 5.38. The normalized spacial score (nSPS) is 10.7. The second kappa shape index (κ2) is 4.49. The van der Waals surface area contributed by atoms with Crippen LogP contribution in [0.25, 0.3) is 10.8 Å². The number of nitrogens with zero attached hydrogens (tertiary/aromatic N) is 1. The molecule has 0 saturated heterocycles. The molecule has 0 aliphatic heterocycles. The van der Waals surface area contributed by atoms with Crippen LogP contribution in [0, 0.1) is 6.92 Å². The van der Waals surface area contributed by atoms with Gasteiger partial charge in [-0.05, 0) is 37.2 Å².